The molecule has 0 saturated carbocycles. The highest BCUT2D eigenvalue weighted by Crippen LogP contribution is 2.52. The van der Waals surface area contributed by atoms with Crippen LogP contribution in [0.4, 0.5) is 11.4 Å². The maximum Gasteiger partial charge on any atom is 0.309 e. The van der Waals surface area contributed by atoms with E-state index in [0.717, 1.165) is 48.5 Å². The normalized spacial score (nSPS) is 15.7. The van der Waals surface area contributed by atoms with Gasteiger partial charge in [0, 0.05) is 41.1 Å². The Morgan fingerprint density at radius 2 is 0.937 bits per heavy atom. The number of anilines is 1. The molecule has 6 heteroatoms. The van der Waals surface area contributed by atoms with E-state index in [2.05, 4.69) is 167 Å². The minimum Gasteiger partial charge on any atom is -0.481 e. The molecule has 2 heterocycles. The summed E-state index contributed by atoms with van der Waals surface area (Å²) in [6, 6.07) is 59.1. The molecule has 2 aliphatic heterocycles. The molecule has 8 rings (SSSR count). The second-order valence-electron chi connectivity index (χ2n) is 16.5. The number of fused-ring (bicyclic) bond motifs is 2. The third-order valence-corrected chi connectivity index (χ3v) is 12.4. The fourth-order valence-electron chi connectivity index (χ4n) is 9.81. The van der Waals surface area contributed by atoms with Crippen LogP contribution in [0, 0.1) is 0 Å². The fourth-order valence-corrected chi connectivity index (χ4v) is 9.81. The molecule has 314 valence electrons. The molecule has 0 spiro atoms. The smallest absolute Gasteiger partial charge is 0.309 e. The molecule has 63 heavy (non-hydrogen) atoms. The minimum absolute atomic E-state index is 0.00899. The van der Waals surface area contributed by atoms with Crippen molar-refractivity contribution in [3.8, 4) is 0 Å². The van der Waals surface area contributed by atoms with Crippen LogP contribution >= 0.6 is 0 Å². The summed E-state index contributed by atoms with van der Waals surface area (Å²) < 4.78 is 2.21. The summed E-state index contributed by atoms with van der Waals surface area (Å²) in [4.78, 5) is 26.3. The van der Waals surface area contributed by atoms with Crippen molar-refractivity contribution in [2.24, 2.45) is 0 Å². The Bertz CT molecular complexity index is 2600. The van der Waals surface area contributed by atoms with Crippen LogP contribution in [0.15, 0.2) is 218 Å². The van der Waals surface area contributed by atoms with E-state index in [0.29, 0.717) is 13.1 Å². The summed E-state index contributed by atoms with van der Waals surface area (Å²) >= 11 is 0. The molecular weight excluding hydrogens is 777 g/mol. The Morgan fingerprint density at radius 1 is 0.492 bits per heavy atom. The number of aliphatic carboxylic acids is 2. The number of carboxylic acids is 2. The molecule has 0 aromatic heterocycles. The molecular formula is C57H53N2O4+. The lowest BCUT2D eigenvalue weighted by molar-refractivity contribution is -0.436. The topological polar surface area (TPSA) is 80.8 Å². The summed E-state index contributed by atoms with van der Waals surface area (Å²) in [5, 5.41) is 19.8. The van der Waals surface area contributed by atoms with Crippen molar-refractivity contribution in [3.63, 3.8) is 0 Å². The van der Waals surface area contributed by atoms with Crippen LogP contribution in [0.1, 0.15) is 46.2 Å². The molecule has 2 aliphatic rings. The van der Waals surface area contributed by atoms with Gasteiger partial charge in [-0.25, -0.2) is 0 Å². The van der Waals surface area contributed by atoms with Gasteiger partial charge in [-0.2, -0.15) is 4.58 Å². The maximum absolute atomic E-state index is 12.0. The average Bonchev–Trinajstić information content (AvgIpc) is 3.70. The number of rotatable bonds is 18. The zero-order valence-electron chi connectivity index (χ0n) is 35.5. The Balaban J connectivity index is 1.18. The zero-order chi connectivity index (χ0) is 43.5. The van der Waals surface area contributed by atoms with Gasteiger partial charge in [-0.15, -0.1) is 0 Å². The van der Waals surface area contributed by atoms with E-state index in [4.69, 9.17) is 0 Å². The van der Waals surface area contributed by atoms with Crippen LogP contribution < -0.4 is 4.90 Å². The van der Waals surface area contributed by atoms with Crippen molar-refractivity contribution >= 4 is 29.0 Å². The molecule has 6 nitrogen and oxygen atoms in total. The van der Waals surface area contributed by atoms with Crippen LogP contribution in [0.5, 0.6) is 0 Å². The predicted octanol–water partition coefficient (Wildman–Crippen LogP) is 11.3. The highest BCUT2D eigenvalue weighted by atomic mass is 16.4. The van der Waals surface area contributed by atoms with Crippen LogP contribution in [-0.4, -0.2) is 45.5 Å². The molecule has 0 fully saturated rings. The van der Waals surface area contributed by atoms with E-state index in [9.17, 15) is 19.8 Å². The lowest BCUT2D eigenvalue weighted by atomic mass is 9.69. The first kappa shape index (κ1) is 42.4. The highest BCUT2D eigenvalue weighted by Gasteiger charge is 2.51. The molecule has 6 aromatic carbocycles. The average molecular weight is 830 g/mol. The van der Waals surface area contributed by atoms with E-state index in [1.54, 1.807) is 0 Å². The summed E-state index contributed by atoms with van der Waals surface area (Å²) in [5.41, 5.74) is 10.5. The van der Waals surface area contributed by atoms with Crippen molar-refractivity contribution in [2.45, 2.75) is 49.4 Å². The van der Waals surface area contributed by atoms with Crippen LogP contribution in [0.3, 0.4) is 0 Å². The number of para-hydroxylation sites is 2. The molecule has 0 aliphatic carbocycles. The number of nitrogens with zero attached hydrogens (tertiary/aromatic N) is 2. The Hall–Kier alpha value is -7.31. The summed E-state index contributed by atoms with van der Waals surface area (Å²) in [6.45, 7) is 0.700. The molecule has 0 atom stereocenters. The third kappa shape index (κ3) is 9.46. The van der Waals surface area contributed by atoms with Gasteiger partial charge < -0.3 is 15.1 Å². The van der Waals surface area contributed by atoms with Crippen molar-refractivity contribution in [1.29, 1.82) is 0 Å². The van der Waals surface area contributed by atoms with Crippen LogP contribution in [0.25, 0.3) is 0 Å². The van der Waals surface area contributed by atoms with Gasteiger partial charge in [-0.1, -0.05) is 188 Å². The van der Waals surface area contributed by atoms with Crippen molar-refractivity contribution in [2.75, 3.05) is 18.0 Å². The minimum atomic E-state index is -0.831. The van der Waals surface area contributed by atoms with E-state index >= 15 is 0 Å². The first-order valence-corrected chi connectivity index (χ1v) is 21.8. The molecule has 0 radical (unpaired) electrons. The lowest BCUT2D eigenvalue weighted by Gasteiger charge is -2.34. The van der Waals surface area contributed by atoms with Crippen LogP contribution in [0.2, 0.25) is 0 Å². The SMILES string of the molecule is O=C(O)CCN1/C(=C/C=C/C=C/C=C/C2=[N+](CCC(=O)O)c3ccccc3C2(Cc2ccccc2)Cc2ccccc2)C(Cc2ccccc2)(Cc2ccccc2)c2ccccc21. The number of hydrogen-bond acceptors (Lipinski definition) is 3. The largest absolute Gasteiger partial charge is 0.481 e. The van der Waals surface area contributed by atoms with Gasteiger partial charge in [0.1, 0.15) is 6.42 Å². The van der Waals surface area contributed by atoms with Crippen LogP contribution in [-0.2, 0) is 46.1 Å². The van der Waals surface area contributed by atoms with Crippen molar-refractivity contribution < 1.29 is 24.4 Å². The Morgan fingerprint density at radius 3 is 1.48 bits per heavy atom. The maximum atomic E-state index is 12.0. The first-order valence-electron chi connectivity index (χ1n) is 21.8. The van der Waals surface area contributed by atoms with Gasteiger partial charge in [0.25, 0.3) is 0 Å². The molecule has 2 N–H and O–H groups in total. The number of hydrogen-bond donors (Lipinski definition) is 2. The van der Waals surface area contributed by atoms with Gasteiger partial charge in [0.15, 0.2) is 12.3 Å². The van der Waals surface area contributed by atoms with Gasteiger partial charge in [-0.3, -0.25) is 9.59 Å². The fraction of sp³-hybridized carbons (Fsp3) is 0.175. The van der Waals surface area contributed by atoms with E-state index in [-0.39, 0.29) is 12.8 Å². The van der Waals surface area contributed by atoms with Gasteiger partial charge in [0.05, 0.1) is 11.8 Å². The predicted molar refractivity (Wildman–Crippen MR) is 254 cm³/mol. The van der Waals surface area contributed by atoms with E-state index < -0.39 is 22.8 Å². The number of carbonyl (C=O) groups is 2. The van der Waals surface area contributed by atoms with E-state index in [1.807, 2.05) is 54.6 Å². The summed E-state index contributed by atoms with van der Waals surface area (Å²) in [7, 11) is 0. The second kappa shape index (κ2) is 19.6. The second-order valence-corrected chi connectivity index (χ2v) is 16.5. The monoisotopic (exact) mass is 829 g/mol. The molecule has 0 saturated heterocycles. The Kier molecular flexibility index (Phi) is 13.2. The molecule has 0 amide bonds. The third-order valence-electron chi connectivity index (χ3n) is 12.4. The quantitative estimate of drug-likeness (QED) is 0.0666. The van der Waals surface area contributed by atoms with Crippen molar-refractivity contribution in [1.82, 2.24) is 0 Å². The van der Waals surface area contributed by atoms with Gasteiger partial charge >= 0.3 is 11.9 Å². The molecule has 6 aromatic rings. The highest BCUT2D eigenvalue weighted by molar-refractivity contribution is 6.04. The van der Waals surface area contributed by atoms with Crippen molar-refractivity contribution in [3.05, 3.63) is 251 Å². The summed E-state index contributed by atoms with van der Waals surface area (Å²) in [5.74, 6) is -1.66. The first-order chi connectivity index (χ1) is 30.9. The number of allylic oxidation sites excluding steroid dienone is 8. The van der Waals surface area contributed by atoms with Gasteiger partial charge in [0.2, 0.25) is 5.69 Å². The molecule has 0 unspecified atom stereocenters. The molecule has 0 bridgehead atoms. The Labute approximate surface area is 370 Å². The standard InChI is InChI=1S/C57H52N2O4/c60-54(61)36-38-58-50-32-20-18-30-48(50)56(40-44-22-8-4-9-23-44,41-45-24-10-5-11-25-45)52(58)34-16-2-1-3-17-35-53-57(42-46-26-12-6-13-27-46,43-47-28-14-7-15-29-47)49-31-19-21-33-51(49)59(53)39-37-55(62)63/h1-35H,36-43H2,(H-,60,61,62,63)/p+1. The van der Waals surface area contributed by atoms with Gasteiger partial charge in [-0.05, 0) is 65.6 Å². The number of carboxylic acid groups (broad SMARTS) is 2. The summed E-state index contributed by atoms with van der Waals surface area (Å²) in [6.07, 6.45) is 17.6. The van der Waals surface area contributed by atoms with E-state index in [1.165, 1.54) is 33.4 Å². The number of benzene rings is 6. The lowest BCUT2D eigenvalue weighted by Crippen LogP contribution is -2.39. The zero-order valence-corrected chi connectivity index (χ0v) is 35.5.